The van der Waals surface area contributed by atoms with Crippen molar-refractivity contribution in [3.63, 3.8) is 0 Å². The maximum absolute atomic E-state index is 14.5. The average molecular weight is 1090 g/mol. The van der Waals surface area contributed by atoms with Gasteiger partial charge in [-0.05, 0) is 126 Å². The van der Waals surface area contributed by atoms with Gasteiger partial charge in [-0.2, -0.15) is 0 Å². The van der Waals surface area contributed by atoms with Crippen LogP contribution in [0.25, 0.3) is 0 Å². The van der Waals surface area contributed by atoms with Crippen molar-refractivity contribution in [1.29, 1.82) is 0 Å². The number of phenolic OH excluding ortho intramolecular Hbond substituents is 1. The van der Waals surface area contributed by atoms with Crippen molar-refractivity contribution >= 4 is 51.9 Å². The summed E-state index contributed by atoms with van der Waals surface area (Å²) in [6.07, 6.45) is -0.688. The van der Waals surface area contributed by atoms with Crippen LogP contribution >= 0.6 is 0 Å². The Labute approximate surface area is 452 Å². The van der Waals surface area contributed by atoms with E-state index < -0.39 is 81.6 Å². The number of aromatic hydroxyl groups is 1. The van der Waals surface area contributed by atoms with Gasteiger partial charge in [-0.25, -0.2) is 27.5 Å². The lowest BCUT2D eigenvalue weighted by molar-refractivity contribution is -0.149. The summed E-state index contributed by atoms with van der Waals surface area (Å²) < 4.78 is 45.5. The van der Waals surface area contributed by atoms with E-state index in [9.17, 15) is 42.3 Å². The van der Waals surface area contributed by atoms with E-state index in [0.717, 1.165) is 11.1 Å². The number of carbonyl (C=O) groups is 6. The number of alkyl carbamates (subject to hydrolysis) is 2. The summed E-state index contributed by atoms with van der Waals surface area (Å²) >= 11 is 0. The molecule has 4 atom stereocenters. The predicted octanol–water partition coefficient (Wildman–Crippen LogP) is 6.17. The van der Waals surface area contributed by atoms with E-state index in [0.29, 0.717) is 35.1 Å². The molecule has 9 N–H and O–H groups in total. The number of hydrogen-bond acceptors (Lipinski definition) is 13. The van der Waals surface area contributed by atoms with Crippen LogP contribution in [0.1, 0.15) is 107 Å². The van der Waals surface area contributed by atoms with E-state index in [1.165, 1.54) is 12.1 Å². The first-order valence-corrected chi connectivity index (χ1v) is 27.1. The number of rotatable bonds is 27. The molecule has 0 fully saturated rings. The number of benzene rings is 4. The summed E-state index contributed by atoms with van der Waals surface area (Å²) in [5.41, 5.74) is 9.19. The highest BCUT2D eigenvalue weighted by Crippen LogP contribution is 2.22. The summed E-state index contributed by atoms with van der Waals surface area (Å²) in [6.45, 7) is 13.9. The van der Waals surface area contributed by atoms with Crippen LogP contribution in [0.3, 0.4) is 0 Å². The van der Waals surface area contributed by atoms with Crippen LogP contribution in [0.15, 0.2) is 107 Å². The second-order valence-corrected chi connectivity index (χ2v) is 21.8. The van der Waals surface area contributed by atoms with Crippen LogP contribution in [-0.2, 0) is 63.0 Å². The van der Waals surface area contributed by atoms with Crippen molar-refractivity contribution < 1.29 is 56.5 Å². The molecule has 0 radical (unpaired) electrons. The minimum Gasteiger partial charge on any atom is -0.508 e. The van der Waals surface area contributed by atoms with Crippen LogP contribution in [0.4, 0.5) is 9.59 Å². The molecule has 0 aromatic heterocycles. The number of esters is 1. The second kappa shape index (κ2) is 30.2. The van der Waals surface area contributed by atoms with Crippen LogP contribution in [0.5, 0.6) is 5.75 Å². The lowest BCUT2D eigenvalue weighted by atomic mass is 10.0. The van der Waals surface area contributed by atoms with Crippen LogP contribution < -0.4 is 37.0 Å². The number of carbonyl (C=O) groups excluding carboxylic acids is 6. The van der Waals surface area contributed by atoms with Gasteiger partial charge in [0.1, 0.15) is 48.7 Å². The molecular weight excluding hydrogens is 1010 g/mol. The highest BCUT2D eigenvalue weighted by molar-refractivity contribution is 7.90. The number of nitrogens with one attached hydrogen (secondary N) is 6. The monoisotopic (exact) mass is 1080 g/mol. The smallest absolute Gasteiger partial charge is 0.408 e. The van der Waals surface area contributed by atoms with Crippen molar-refractivity contribution in [1.82, 2.24) is 31.3 Å². The minimum absolute atomic E-state index is 0.0125. The zero-order chi connectivity index (χ0) is 56.7. The lowest BCUT2D eigenvalue weighted by Crippen LogP contribution is -2.58. The molecule has 20 nitrogen and oxygen atoms in total. The van der Waals surface area contributed by atoms with Crippen molar-refractivity contribution in [2.24, 2.45) is 16.6 Å². The molecule has 4 rings (SSSR count). The van der Waals surface area contributed by atoms with Crippen LogP contribution in [0, 0.1) is 26.7 Å². The SMILES string of the molecule is Cc1cc(C)c(S(=O)(=O)NC(N)=NCCC[C@H](NC(=O)[C@H](CC(C)C)NC(=O)[C@@H](CCCCNC(=O)OCc2ccccc2)NC(=O)OC(C)(C)C)C(=O)N[C@@H](Cc2ccc(O)cc2)C(=O)OCc2ccccc2)c(C)c1. The first kappa shape index (κ1) is 61.9. The number of sulfonamides is 1. The topological polar surface area (TPSA) is 295 Å². The molecule has 0 saturated heterocycles. The third-order valence-corrected chi connectivity index (χ3v) is 13.3. The molecule has 5 amide bonds. The van der Waals surface area contributed by atoms with Gasteiger partial charge in [-0.1, -0.05) is 104 Å². The van der Waals surface area contributed by atoms with Gasteiger partial charge in [0.2, 0.25) is 23.7 Å². The van der Waals surface area contributed by atoms with Gasteiger partial charge < -0.3 is 51.6 Å². The van der Waals surface area contributed by atoms with E-state index in [1.54, 1.807) is 83.1 Å². The normalized spacial score (nSPS) is 13.2. The summed E-state index contributed by atoms with van der Waals surface area (Å²) in [4.78, 5) is 86.6. The highest BCUT2D eigenvalue weighted by atomic mass is 32.2. The summed E-state index contributed by atoms with van der Waals surface area (Å²) in [6, 6.07) is 22.5. The summed E-state index contributed by atoms with van der Waals surface area (Å²) in [5, 5.41) is 23.5. The number of ether oxygens (including phenoxy) is 3. The predicted molar refractivity (Wildman–Crippen MR) is 292 cm³/mol. The number of nitrogens with zero attached hydrogens (tertiary/aromatic N) is 1. The van der Waals surface area contributed by atoms with E-state index in [4.69, 9.17) is 19.9 Å². The first-order valence-electron chi connectivity index (χ1n) is 25.6. The molecule has 0 aliphatic rings. The quantitative estimate of drug-likeness (QED) is 0.0109. The number of aryl methyl sites for hydroxylation is 3. The molecule has 0 spiro atoms. The number of hydrogen-bond donors (Lipinski definition) is 8. The van der Waals surface area contributed by atoms with E-state index in [1.807, 2.05) is 57.2 Å². The molecule has 0 aliphatic heterocycles. The number of amides is 5. The Balaban J connectivity index is 1.56. The summed E-state index contributed by atoms with van der Waals surface area (Å²) in [7, 11) is -4.13. The Morgan fingerprint density at radius 1 is 0.649 bits per heavy atom. The molecule has 77 heavy (non-hydrogen) atoms. The van der Waals surface area contributed by atoms with Gasteiger partial charge in [-0.3, -0.25) is 19.4 Å². The third-order valence-electron chi connectivity index (χ3n) is 11.6. The van der Waals surface area contributed by atoms with Crippen LogP contribution in [-0.4, -0.2) is 98.2 Å². The number of aliphatic imine (C=N–C) groups is 1. The Kier molecular flexibility index (Phi) is 24.2. The Morgan fingerprint density at radius 3 is 1.74 bits per heavy atom. The highest BCUT2D eigenvalue weighted by Gasteiger charge is 2.33. The molecule has 4 aromatic rings. The molecule has 21 heteroatoms. The molecule has 0 aliphatic carbocycles. The van der Waals surface area contributed by atoms with Crippen LogP contribution in [0.2, 0.25) is 0 Å². The third kappa shape index (κ3) is 22.6. The standard InChI is InChI=1S/C56H76N8O12S/c1-36(2)30-46(61-50(67)45(63-55(71)76-56(6,7)8)22-15-16-28-59-54(70)75-35-42-20-13-10-14-21-42)51(68)60-44(23-17-29-58-53(57)64-77(72,73)48-38(4)31-37(3)32-39(48)5)49(66)62-47(33-40-24-26-43(65)27-25-40)52(69)74-34-41-18-11-9-12-19-41/h9-14,18-21,24-27,31-32,36,44-47,65H,15-17,22-23,28-30,33-35H2,1-8H3,(H,59,70)(H,60,68)(H,61,67)(H,62,66)(H,63,71)(H3,57,58,64)/t44-,45+,46-,47-/m0/s1. The zero-order valence-corrected chi connectivity index (χ0v) is 46.1. The van der Waals surface area contributed by atoms with Crippen molar-refractivity contribution in [2.75, 3.05) is 13.1 Å². The first-order chi connectivity index (χ1) is 36.4. The Morgan fingerprint density at radius 2 is 1.17 bits per heavy atom. The molecule has 4 aromatic carbocycles. The number of nitrogens with two attached hydrogens (primary N) is 1. The fourth-order valence-electron chi connectivity index (χ4n) is 8.14. The second-order valence-electron chi connectivity index (χ2n) is 20.2. The molecule has 0 saturated carbocycles. The van der Waals surface area contributed by atoms with Gasteiger partial charge in [0, 0.05) is 19.5 Å². The van der Waals surface area contributed by atoms with E-state index in [2.05, 4.69) is 36.3 Å². The number of guanidine groups is 1. The van der Waals surface area contributed by atoms with Gasteiger partial charge in [-0.15, -0.1) is 0 Å². The average Bonchev–Trinajstić information content (AvgIpc) is 3.35. The fraction of sp³-hybridized carbons (Fsp3) is 0.446. The van der Waals surface area contributed by atoms with Crippen molar-refractivity contribution in [3.8, 4) is 5.75 Å². The number of phenols is 1. The molecule has 0 bridgehead atoms. The maximum Gasteiger partial charge on any atom is 0.408 e. The van der Waals surface area contributed by atoms with Crippen molar-refractivity contribution in [3.05, 3.63) is 130 Å². The molecule has 0 heterocycles. The lowest BCUT2D eigenvalue weighted by Gasteiger charge is -2.28. The Hall–Kier alpha value is -7.68. The van der Waals surface area contributed by atoms with Gasteiger partial charge in [0.15, 0.2) is 0 Å². The largest absolute Gasteiger partial charge is 0.508 e. The fourth-order valence-corrected chi connectivity index (χ4v) is 9.55. The Bertz CT molecular complexity index is 2710. The zero-order valence-electron chi connectivity index (χ0n) is 45.3. The molecule has 0 unspecified atom stereocenters. The van der Waals surface area contributed by atoms with E-state index >= 15 is 0 Å². The molecular formula is C56H76N8O12S. The maximum atomic E-state index is 14.5. The minimum atomic E-state index is -4.13. The molecule has 418 valence electrons. The number of unbranched alkanes of at least 4 members (excludes halogenated alkanes) is 1. The van der Waals surface area contributed by atoms with Gasteiger partial charge in [0.05, 0.1) is 4.90 Å². The summed E-state index contributed by atoms with van der Waals surface area (Å²) in [5.74, 6) is -3.65. The van der Waals surface area contributed by atoms with E-state index in [-0.39, 0.29) is 75.0 Å². The van der Waals surface area contributed by atoms with Gasteiger partial charge >= 0.3 is 18.2 Å². The van der Waals surface area contributed by atoms with Crippen molar-refractivity contribution in [2.45, 2.75) is 148 Å². The van der Waals surface area contributed by atoms with Gasteiger partial charge in [0.25, 0.3) is 10.0 Å².